The molecule has 0 aliphatic carbocycles. The minimum Gasteiger partial charge on any atom is -0.493 e. The fraction of sp³-hybridized carbons (Fsp3) is 0.0526. The lowest BCUT2D eigenvalue weighted by Crippen LogP contribution is -2.13. The smallest absolute Gasteiger partial charge is 0.310 e. The minimum atomic E-state index is -0.270. The standard InChI is InChI=1S/C19H13Cl2N3O2S/c20-14-3-1-10(5-15(14)21)9-24-18(25)17(27-19(24)26)6-11-8-23-16-4-2-12(22)7-13(11)16/h1-8,25H,9,22H2. The van der Waals surface area contributed by atoms with E-state index in [4.69, 9.17) is 28.9 Å². The van der Waals surface area contributed by atoms with Crippen molar-refractivity contribution in [2.75, 3.05) is 5.73 Å². The van der Waals surface area contributed by atoms with Crippen LogP contribution in [0.3, 0.4) is 0 Å². The van der Waals surface area contributed by atoms with Gasteiger partial charge in [0.2, 0.25) is 5.88 Å². The van der Waals surface area contributed by atoms with E-state index in [9.17, 15) is 9.90 Å². The molecule has 4 rings (SSSR count). The number of aliphatic imine (C=N–C) groups is 1. The molecule has 2 aromatic carbocycles. The highest BCUT2D eigenvalue weighted by Gasteiger charge is 2.17. The maximum atomic E-state index is 12.4. The molecular formula is C19H13Cl2N3O2S. The van der Waals surface area contributed by atoms with Crippen LogP contribution in [0.1, 0.15) is 16.0 Å². The molecule has 8 heteroatoms. The predicted octanol–water partition coefficient (Wildman–Crippen LogP) is 4.81. The van der Waals surface area contributed by atoms with Crippen molar-refractivity contribution in [1.29, 1.82) is 0 Å². The molecule has 0 atom stereocenters. The topological polar surface area (TPSA) is 80.6 Å². The number of allylic oxidation sites excluding steroid dienone is 1. The third kappa shape index (κ3) is 3.39. The number of rotatable bonds is 3. The molecule has 136 valence electrons. The molecule has 0 fully saturated rings. The Labute approximate surface area is 168 Å². The Bertz CT molecular complexity index is 1180. The van der Waals surface area contributed by atoms with Crippen molar-refractivity contribution in [1.82, 2.24) is 4.57 Å². The van der Waals surface area contributed by atoms with E-state index in [0.717, 1.165) is 33.7 Å². The van der Waals surface area contributed by atoms with Crippen molar-refractivity contribution in [2.24, 2.45) is 4.99 Å². The summed E-state index contributed by atoms with van der Waals surface area (Å²) in [6.45, 7) is 0.193. The number of hydrogen-bond acceptors (Lipinski definition) is 5. The zero-order chi connectivity index (χ0) is 19.1. The summed E-state index contributed by atoms with van der Waals surface area (Å²) in [5.41, 5.74) is 9.70. The van der Waals surface area contributed by atoms with E-state index in [1.54, 1.807) is 36.6 Å². The van der Waals surface area contributed by atoms with Gasteiger partial charge in [-0.2, -0.15) is 0 Å². The maximum absolute atomic E-state index is 12.4. The summed E-state index contributed by atoms with van der Waals surface area (Å²) in [7, 11) is 0. The molecule has 0 amide bonds. The lowest BCUT2D eigenvalue weighted by molar-refractivity contribution is 0.420. The number of nitrogen functional groups attached to an aromatic ring is 1. The van der Waals surface area contributed by atoms with Crippen molar-refractivity contribution in [3.05, 3.63) is 72.1 Å². The fourth-order valence-corrected chi connectivity index (χ4v) is 3.99. The predicted molar refractivity (Wildman–Crippen MR) is 113 cm³/mol. The summed E-state index contributed by atoms with van der Waals surface area (Å²) in [4.78, 5) is 16.9. The number of hydrogen-bond donors (Lipinski definition) is 2. The van der Waals surface area contributed by atoms with Crippen molar-refractivity contribution in [2.45, 2.75) is 6.54 Å². The van der Waals surface area contributed by atoms with Gasteiger partial charge in [-0.3, -0.25) is 14.4 Å². The maximum Gasteiger partial charge on any atom is 0.310 e. The summed E-state index contributed by atoms with van der Waals surface area (Å²) in [5, 5.41) is 11.4. The second-order valence-corrected chi connectivity index (χ2v) is 7.83. The van der Waals surface area contributed by atoms with Gasteiger partial charge < -0.3 is 10.8 Å². The van der Waals surface area contributed by atoms with Gasteiger partial charge in [0.05, 0.1) is 27.2 Å². The number of anilines is 1. The van der Waals surface area contributed by atoms with Gasteiger partial charge in [-0.25, -0.2) is 0 Å². The molecule has 5 nitrogen and oxygen atoms in total. The van der Waals surface area contributed by atoms with E-state index >= 15 is 0 Å². The molecule has 0 bridgehead atoms. The van der Waals surface area contributed by atoms with E-state index in [1.165, 1.54) is 4.57 Å². The van der Waals surface area contributed by atoms with Crippen molar-refractivity contribution in [3.63, 3.8) is 0 Å². The van der Waals surface area contributed by atoms with Gasteiger partial charge in [0, 0.05) is 23.0 Å². The SMILES string of the molecule is Nc1ccc2c(c1)C(=Cc1sc(=O)n(Cc3ccc(Cl)c(Cl)c3)c1O)C=N2. The first-order valence-electron chi connectivity index (χ1n) is 7.94. The zero-order valence-electron chi connectivity index (χ0n) is 13.8. The summed E-state index contributed by atoms with van der Waals surface area (Å²) in [5.74, 6) is -0.102. The number of fused-ring (bicyclic) bond motifs is 1. The Hall–Kier alpha value is -2.54. The van der Waals surface area contributed by atoms with Crippen LogP contribution in [0, 0.1) is 0 Å². The molecule has 3 N–H and O–H groups in total. The highest BCUT2D eigenvalue weighted by atomic mass is 35.5. The summed E-state index contributed by atoms with van der Waals surface area (Å²) in [6.07, 6.45) is 3.43. The molecule has 0 spiro atoms. The van der Waals surface area contributed by atoms with E-state index in [0.29, 0.717) is 20.6 Å². The Morgan fingerprint density at radius 3 is 2.78 bits per heavy atom. The van der Waals surface area contributed by atoms with E-state index in [1.807, 2.05) is 12.1 Å². The van der Waals surface area contributed by atoms with E-state index in [2.05, 4.69) is 4.99 Å². The second kappa shape index (κ2) is 6.88. The number of aromatic nitrogens is 1. The summed E-state index contributed by atoms with van der Waals surface area (Å²) < 4.78 is 1.29. The van der Waals surface area contributed by atoms with Crippen LogP contribution in [0.2, 0.25) is 10.0 Å². The third-order valence-corrected chi connectivity index (χ3v) is 5.83. The fourth-order valence-electron chi connectivity index (χ4n) is 2.83. The largest absolute Gasteiger partial charge is 0.493 e. The minimum absolute atomic E-state index is 0.102. The van der Waals surface area contributed by atoms with Crippen LogP contribution >= 0.6 is 34.5 Å². The number of halogens is 2. The van der Waals surface area contributed by atoms with E-state index < -0.39 is 0 Å². The zero-order valence-corrected chi connectivity index (χ0v) is 16.1. The molecule has 27 heavy (non-hydrogen) atoms. The molecule has 0 unspecified atom stereocenters. The van der Waals surface area contributed by atoms with Gasteiger partial charge in [-0.1, -0.05) is 40.6 Å². The highest BCUT2D eigenvalue weighted by molar-refractivity contribution is 7.10. The molecule has 0 radical (unpaired) electrons. The van der Waals surface area contributed by atoms with Gasteiger partial charge in [0.1, 0.15) is 0 Å². The van der Waals surface area contributed by atoms with Gasteiger partial charge in [-0.15, -0.1) is 0 Å². The van der Waals surface area contributed by atoms with Gasteiger partial charge in [0.15, 0.2) is 0 Å². The highest BCUT2D eigenvalue weighted by Crippen LogP contribution is 2.36. The second-order valence-electron chi connectivity index (χ2n) is 6.02. The molecule has 1 aromatic heterocycles. The Kier molecular flexibility index (Phi) is 4.55. The summed E-state index contributed by atoms with van der Waals surface area (Å²) >= 11 is 12.9. The monoisotopic (exact) mass is 417 g/mol. The van der Waals surface area contributed by atoms with Gasteiger partial charge in [-0.05, 0) is 42.0 Å². The summed E-state index contributed by atoms with van der Waals surface area (Å²) in [6, 6.07) is 10.5. The first-order valence-corrected chi connectivity index (χ1v) is 9.52. The van der Waals surface area contributed by atoms with E-state index in [-0.39, 0.29) is 17.3 Å². The average Bonchev–Trinajstić information content (AvgIpc) is 3.14. The first kappa shape index (κ1) is 17.9. The number of aromatic hydroxyl groups is 1. The molecule has 3 aromatic rings. The third-order valence-electron chi connectivity index (χ3n) is 4.18. The number of nitrogens with zero attached hydrogens (tertiary/aromatic N) is 2. The number of thiazole rings is 1. The number of benzene rings is 2. The molecular weight excluding hydrogens is 405 g/mol. The first-order chi connectivity index (χ1) is 12.9. The van der Waals surface area contributed by atoms with Crippen molar-refractivity contribution < 1.29 is 5.11 Å². The lowest BCUT2D eigenvalue weighted by Gasteiger charge is -2.05. The Morgan fingerprint density at radius 2 is 2.00 bits per heavy atom. The van der Waals surface area contributed by atoms with Crippen LogP contribution in [0.5, 0.6) is 5.88 Å². The average molecular weight is 418 g/mol. The van der Waals surface area contributed by atoms with Crippen LogP contribution in [-0.2, 0) is 6.54 Å². The molecule has 0 saturated heterocycles. The molecule has 2 heterocycles. The number of nitrogens with two attached hydrogens (primary N) is 1. The van der Waals surface area contributed by atoms with Gasteiger partial charge >= 0.3 is 4.87 Å². The van der Waals surface area contributed by atoms with Crippen LogP contribution < -0.4 is 10.6 Å². The normalized spacial score (nSPS) is 14.1. The lowest BCUT2D eigenvalue weighted by atomic mass is 10.1. The van der Waals surface area contributed by atoms with Gasteiger partial charge in [0.25, 0.3) is 0 Å². The van der Waals surface area contributed by atoms with Crippen molar-refractivity contribution in [3.8, 4) is 5.88 Å². The molecule has 1 aliphatic rings. The molecule has 1 aliphatic heterocycles. The van der Waals surface area contributed by atoms with Crippen LogP contribution in [-0.4, -0.2) is 15.9 Å². The Balaban J connectivity index is 1.70. The molecule has 0 saturated carbocycles. The van der Waals surface area contributed by atoms with Crippen LogP contribution in [0.15, 0.2) is 46.2 Å². The Morgan fingerprint density at radius 1 is 1.19 bits per heavy atom. The van der Waals surface area contributed by atoms with Crippen LogP contribution in [0.25, 0.3) is 11.6 Å². The van der Waals surface area contributed by atoms with Crippen LogP contribution in [0.4, 0.5) is 11.4 Å². The quantitative estimate of drug-likeness (QED) is 0.599. The van der Waals surface area contributed by atoms with Crippen molar-refractivity contribution >= 4 is 63.8 Å².